The van der Waals surface area contributed by atoms with Crippen LogP contribution < -0.4 is 29.0 Å². The van der Waals surface area contributed by atoms with Crippen molar-refractivity contribution in [2.24, 2.45) is 0 Å². The van der Waals surface area contributed by atoms with Gasteiger partial charge >= 0.3 is 5.97 Å². The second kappa shape index (κ2) is 11.6. The summed E-state index contributed by atoms with van der Waals surface area (Å²) in [7, 11) is 1.69. The molecule has 0 fully saturated rings. The predicted octanol–water partition coefficient (Wildman–Crippen LogP) is 2.71. The van der Waals surface area contributed by atoms with Crippen LogP contribution in [0.2, 0.25) is 0 Å². The Balaban J connectivity index is 2.31. The molecule has 0 heterocycles. The number of hydrogen-bond donors (Lipinski definition) is 3. The quantitative estimate of drug-likeness (QED) is 0.402. The minimum Gasteiger partial charge on any atom is -0.496 e. The van der Waals surface area contributed by atoms with Crippen LogP contribution in [0.15, 0.2) is 47.9 Å². The highest BCUT2D eigenvalue weighted by Crippen LogP contribution is 2.35. The molecule has 11 nitrogen and oxygen atoms in total. The highest BCUT2D eigenvalue weighted by molar-refractivity contribution is 7.95. The highest BCUT2D eigenvalue weighted by atomic mass is 32.2. The minimum atomic E-state index is -4.00. The lowest BCUT2D eigenvalue weighted by atomic mass is 10.1. The normalized spacial score (nSPS) is 11.3. The fourth-order valence-corrected chi connectivity index (χ4v) is 3.58. The first-order valence-corrected chi connectivity index (χ1v) is 11.1. The number of anilines is 2. The molecule has 2 rings (SSSR count). The summed E-state index contributed by atoms with van der Waals surface area (Å²) < 4.78 is 48.6. The van der Waals surface area contributed by atoms with Gasteiger partial charge < -0.3 is 29.4 Å². The van der Waals surface area contributed by atoms with E-state index in [4.69, 9.17) is 24.1 Å². The lowest BCUT2D eigenvalue weighted by molar-refractivity contribution is -0.131. The van der Waals surface area contributed by atoms with E-state index in [0.717, 1.165) is 11.5 Å². The summed E-state index contributed by atoms with van der Waals surface area (Å²) in [6.45, 7) is 0. The average Bonchev–Trinajstić information content (AvgIpc) is 2.80. The van der Waals surface area contributed by atoms with Gasteiger partial charge in [0.05, 0.1) is 50.8 Å². The number of carbonyl (C=O) groups excluding carboxylic acids is 1. The molecule has 0 atom stereocenters. The van der Waals surface area contributed by atoms with Crippen molar-refractivity contribution < 1.29 is 42.1 Å². The lowest BCUT2D eigenvalue weighted by Crippen LogP contribution is -2.12. The number of nitrogens with one attached hydrogen (secondary N) is 2. The van der Waals surface area contributed by atoms with Gasteiger partial charge in [-0.3, -0.25) is 9.52 Å². The van der Waals surface area contributed by atoms with Crippen LogP contribution in [0, 0.1) is 0 Å². The molecule has 0 aliphatic heterocycles. The first-order valence-electron chi connectivity index (χ1n) is 9.53. The molecule has 2 aromatic rings. The van der Waals surface area contributed by atoms with E-state index in [1.54, 1.807) is 12.1 Å². The van der Waals surface area contributed by atoms with Crippen molar-refractivity contribution in [1.82, 2.24) is 0 Å². The van der Waals surface area contributed by atoms with Crippen LogP contribution >= 0.6 is 0 Å². The lowest BCUT2D eigenvalue weighted by Gasteiger charge is -2.13. The van der Waals surface area contributed by atoms with E-state index >= 15 is 0 Å². The number of benzene rings is 2. The molecule has 0 unspecified atom stereocenters. The first-order chi connectivity index (χ1) is 16.1. The van der Waals surface area contributed by atoms with Crippen molar-refractivity contribution in [3.8, 4) is 23.0 Å². The van der Waals surface area contributed by atoms with Crippen molar-refractivity contribution in [2.75, 3.05) is 38.5 Å². The molecule has 0 aliphatic carbocycles. The molecule has 3 N–H and O–H groups in total. The van der Waals surface area contributed by atoms with Gasteiger partial charge in [0, 0.05) is 24.3 Å². The van der Waals surface area contributed by atoms with Gasteiger partial charge in [0.25, 0.3) is 10.0 Å². The smallest absolute Gasteiger partial charge is 0.328 e. The van der Waals surface area contributed by atoms with Crippen LogP contribution in [-0.2, 0) is 19.6 Å². The zero-order chi connectivity index (χ0) is 25.3. The maximum atomic E-state index is 12.7. The summed E-state index contributed by atoms with van der Waals surface area (Å²) in [6, 6.07) is 7.36. The van der Waals surface area contributed by atoms with E-state index in [0.29, 0.717) is 28.9 Å². The number of ether oxygens (including phenoxy) is 4. The topological polar surface area (TPSA) is 149 Å². The molecule has 1 amide bonds. The van der Waals surface area contributed by atoms with Crippen molar-refractivity contribution in [3.63, 3.8) is 0 Å². The SMILES string of the molecule is COc1cc(OC)c(/C=C/S(=O)(=O)Nc2ccc(OC)c(NC(=O)/C=C/C(=O)O)c2)c(OC)c1. The van der Waals surface area contributed by atoms with Gasteiger partial charge in [-0.05, 0) is 24.3 Å². The van der Waals surface area contributed by atoms with E-state index in [9.17, 15) is 18.0 Å². The third kappa shape index (κ3) is 7.17. The molecule has 2 aromatic carbocycles. The summed E-state index contributed by atoms with van der Waals surface area (Å²) >= 11 is 0. The second-order valence-electron chi connectivity index (χ2n) is 6.47. The number of amides is 1. The first kappa shape index (κ1) is 26.1. The number of methoxy groups -OCH3 is 4. The highest BCUT2D eigenvalue weighted by Gasteiger charge is 2.14. The molecular weight excluding hydrogens is 468 g/mol. The average molecular weight is 493 g/mol. The molecule has 12 heteroatoms. The largest absolute Gasteiger partial charge is 0.496 e. The van der Waals surface area contributed by atoms with Gasteiger partial charge in [-0.1, -0.05) is 0 Å². The fourth-order valence-electron chi connectivity index (χ4n) is 2.74. The van der Waals surface area contributed by atoms with Crippen LogP contribution in [-0.4, -0.2) is 53.8 Å². The monoisotopic (exact) mass is 492 g/mol. The second-order valence-corrected chi connectivity index (χ2v) is 8.04. The summed E-state index contributed by atoms with van der Waals surface area (Å²) in [5.41, 5.74) is 0.630. The van der Waals surface area contributed by atoms with Crippen LogP contribution in [0.4, 0.5) is 11.4 Å². The minimum absolute atomic E-state index is 0.122. The Kier molecular flexibility index (Phi) is 8.90. The zero-order valence-corrected chi connectivity index (χ0v) is 19.6. The Morgan fingerprint density at radius 1 is 0.882 bits per heavy atom. The van der Waals surface area contributed by atoms with Crippen molar-refractivity contribution >= 4 is 39.4 Å². The number of carboxylic acids is 1. The number of hydrogen-bond acceptors (Lipinski definition) is 8. The van der Waals surface area contributed by atoms with E-state index in [1.807, 2.05) is 0 Å². The van der Waals surface area contributed by atoms with Gasteiger partial charge in [-0.15, -0.1) is 0 Å². The van der Waals surface area contributed by atoms with Gasteiger partial charge in [0.1, 0.15) is 23.0 Å². The molecule has 0 bridgehead atoms. The Hall–Kier alpha value is -4.19. The van der Waals surface area contributed by atoms with Crippen molar-refractivity contribution in [3.05, 3.63) is 53.5 Å². The molecule has 0 radical (unpaired) electrons. The van der Waals surface area contributed by atoms with Crippen LogP contribution in [0.5, 0.6) is 23.0 Å². The number of sulfonamides is 1. The number of carbonyl (C=O) groups is 2. The fraction of sp³-hybridized carbons (Fsp3) is 0.182. The van der Waals surface area contributed by atoms with Crippen molar-refractivity contribution in [2.45, 2.75) is 0 Å². The Morgan fingerprint density at radius 2 is 1.50 bits per heavy atom. The molecule has 0 aromatic heterocycles. The van der Waals surface area contributed by atoms with E-state index in [1.165, 1.54) is 52.7 Å². The summed E-state index contributed by atoms with van der Waals surface area (Å²) in [4.78, 5) is 22.5. The zero-order valence-electron chi connectivity index (χ0n) is 18.8. The van der Waals surface area contributed by atoms with E-state index in [2.05, 4.69) is 10.0 Å². The molecular formula is C22H24N2O9S. The van der Waals surface area contributed by atoms with Crippen LogP contribution in [0.3, 0.4) is 0 Å². The maximum absolute atomic E-state index is 12.7. The summed E-state index contributed by atoms with van der Waals surface area (Å²) in [5.74, 6) is -0.640. The summed E-state index contributed by atoms with van der Waals surface area (Å²) in [6.07, 6.45) is 2.79. The predicted molar refractivity (Wildman–Crippen MR) is 126 cm³/mol. The van der Waals surface area contributed by atoms with Crippen LogP contribution in [0.1, 0.15) is 5.56 Å². The Bertz CT molecular complexity index is 1200. The molecule has 182 valence electrons. The Morgan fingerprint density at radius 3 is 2.03 bits per heavy atom. The number of aliphatic carboxylic acids is 1. The summed E-state index contributed by atoms with van der Waals surface area (Å²) in [5, 5.41) is 12.0. The molecule has 0 aliphatic rings. The third-order valence-corrected chi connectivity index (χ3v) is 5.28. The van der Waals surface area contributed by atoms with Gasteiger partial charge in [-0.2, -0.15) is 0 Å². The molecule has 0 saturated carbocycles. The van der Waals surface area contributed by atoms with Gasteiger partial charge in [0.15, 0.2) is 0 Å². The van der Waals surface area contributed by atoms with Gasteiger partial charge in [0.2, 0.25) is 5.91 Å². The molecule has 0 spiro atoms. The molecule has 0 saturated heterocycles. The van der Waals surface area contributed by atoms with E-state index < -0.39 is 21.9 Å². The standard InChI is InChI=1S/C22H24N2O9S/c1-30-15-12-19(32-3)16(20(13-15)33-4)9-10-34(28,29)24-14-5-6-18(31-2)17(11-14)23-21(25)7-8-22(26)27/h5-13,24H,1-4H3,(H,23,25)(H,26,27)/b8-7+,10-9+. The van der Waals surface area contributed by atoms with Crippen LogP contribution in [0.25, 0.3) is 6.08 Å². The maximum Gasteiger partial charge on any atom is 0.328 e. The van der Waals surface area contributed by atoms with E-state index in [-0.39, 0.29) is 17.1 Å². The molecule has 34 heavy (non-hydrogen) atoms. The number of rotatable bonds is 11. The van der Waals surface area contributed by atoms with Gasteiger partial charge in [-0.25, -0.2) is 13.2 Å². The third-order valence-electron chi connectivity index (χ3n) is 4.26. The van der Waals surface area contributed by atoms with Crippen molar-refractivity contribution in [1.29, 1.82) is 0 Å². The number of carboxylic acid groups (broad SMARTS) is 1. The Labute approximate surface area is 196 Å².